The van der Waals surface area contributed by atoms with E-state index < -0.39 is 22.4 Å². The second kappa shape index (κ2) is 15.9. The van der Waals surface area contributed by atoms with E-state index in [0.717, 1.165) is 0 Å². The quantitative estimate of drug-likeness (QED) is 0.242. The van der Waals surface area contributed by atoms with E-state index in [0.29, 0.717) is 22.7 Å². The van der Waals surface area contributed by atoms with E-state index in [1.807, 2.05) is 0 Å². The van der Waals surface area contributed by atoms with Crippen LogP contribution in [0.15, 0.2) is 0 Å². The molecule has 9 nitrogen and oxygen atoms in total. The second-order valence-corrected chi connectivity index (χ2v) is 6.94. The smallest absolute Gasteiger partial charge is 0.818 e. The van der Waals surface area contributed by atoms with Gasteiger partial charge < -0.3 is 43.1 Å². The van der Waals surface area contributed by atoms with Gasteiger partial charge in [0, 0.05) is 0 Å². The summed E-state index contributed by atoms with van der Waals surface area (Å²) >= 11 is 0. The molecule has 0 rings (SSSR count). The Labute approximate surface area is 146 Å². The van der Waals surface area contributed by atoms with Crippen molar-refractivity contribution in [1.29, 1.82) is 0 Å². The molecular formula is H6AgAlB3O9P3Zn. The molecule has 0 fully saturated rings. The van der Waals surface area contributed by atoms with Crippen molar-refractivity contribution in [2.75, 3.05) is 0 Å². The Morgan fingerprint density at radius 1 is 0.611 bits per heavy atom. The van der Waals surface area contributed by atoms with Crippen LogP contribution in [0.5, 0.6) is 0 Å². The van der Waals surface area contributed by atoms with Gasteiger partial charge in [-0.05, 0) is 0 Å². The number of hydrogen-bond acceptors (Lipinski definition) is 9. The Morgan fingerprint density at radius 3 is 0.611 bits per heavy atom. The fourth-order valence-corrected chi connectivity index (χ4v) is 0. The Bertz CT molecular complexity index is 223. The summed E-state index contributed by atoms with van der Waals surface area (Å²) in [6.07, 6.45) is 0. The largest absolute Gasteiger partial charge is 3.00 e. The summed E-state index contributed by atoms with van der Waals surface area (Å²) in [5.41, 5.74) is 0. The zero-order valence-corrected chi connectivity index (χ0v) is 17.9. The third kappa shape index (κ3) is 884. The predicted octanol–water partition coefficient (Wildman–Crippen LogP) is -8.04. The van der Waals surface area contributed by atoms with Gasteiger partial charge in [0.25, 0.3) is 0 Å². The Hall–Kier alpha value is 2.54. The van der Waals surface area contributed by atoms with Gasteiger partial charge in [0.15, 0.2) is 0 Å². The fourth-order valence-electron chi connectivity index (χ4n) is 0. The molecule has 0 N–H and O–H groups in total. The van der Waals surface area contributed by atoms with Gasteiger partial charge in [-0.15, -0.1) is 22.4 Å². The van der Waals surface area contributed by atoms with Crippen LogP contribution in [0, 0.1) is 0 Å². The van der Waals surface area contributed by atoms with Crippen LogP contribution in [0.25, 0.3) is 0 Å². The molecule has 0 bridgehead atoms. The minimum atomic E-state index is -4.14. The molecule has 100 valence electrons. The van der Waals surface area contributed by atoms with Gasteiger partial charge >= 0.3 is 59.2 Å². The minimum absolute atomic E-state index is 0. The van der Waals surface area contributed by atoms with E-state index in [-0.39, 0.29) is 59.2 Å². The monoisotopic (exact) mass is 474 g/mol. The first-order valence-corrected chi connectivity index (χ1v) is 8.95. The van der Waals surface area contributed by atoms with Gasteiger partial charge in [0.1, 0.15) is 22.7 Å². The van der Waals surface area contributed by atoms with Crippen molar-refractivity contribution in [3.8, 4) is 0 Å². The minimum Gasteiger partial charge on any atom is -0.818 e. The average Bonchev–Trinajstić information content (AvgIpc) is 1.41. The van der Waals surface area contributed by atoms with Gasteiger partial charge in [-0.1, -0.05) is 0 Å². The molecule has 18 heavy (non-hydrogen) atoms. The van der Waals surface area contributed by atoms with Crippen molar-refractivity contribution in [2.45, 2.75) is 0 Å². The first-order valence-electron chi connectivity index (χ1n) is 2.98. The average molecular weight is 476 g/mol. The SMILES string of the molecule is BP(=O)([O-])[O-].BP(=O)([O-])[O-].BP(=O)([O-])[O-].[Ag+].[Al+3].[Zn+2]. The summed E-state index contributed by atoms with van der Waals surface area (Å²) in [7, 11) is -10.5. The molecular weight excluding hydrogens is 470 g/mol. The molecule has 18 heteroatoms. The summed E-state index contributed by atoms with van der Waals surface area (Å²) in [6.45, 7) is 0. The number of rotatable bonds is 0. The van der Waals surface area contributed by atoms with E-state index in [9.17, 15) is 0 Å². The van der Waals surface area contributed by atoms with Gasteiger partial charge in [-0.2, -0.15) is 0 Å². The topological polar surface area (TPSA) is 190 Å². The molecule has 0 aliphatic heterocycles. The van der Waals surface area contributed by atoms with Crippen LogP contribution in [-0.4, -0.2) is 40.1 Å². The molecule has 0 aromatic heterocycles. The van der Waals surface area contributed by atoms with Crippen molar-refractivity contribution in [3.63, 3.8) is 0 Å². The Balaban J connectivity index is -0.0000000277. The summed E-state index contributed by atoms with van der Waals surface area (Å²) in [5, 5.41) is 0. The first kappa shape index (κ1) is 37.1. The van der Waals surface area contributed by atoms with E-state index >= 15 is 0 Å². The van der Waals surface area contributed by atoms with Crippen molar-refractivity contribution >= 4 is 62.5 Å². The summed E-state index contributed by atoms with van der Waals surface area (Å²) in [5.74, 6) is 0. The molecule has 0 aromatic carbocycles. The van der Waals surface area contributed by atoms with Gasteiger partial charge in [-0.25, -0.2) is 0 Å². The van der Waals surface area contributed by atoms with E-state index in [4.69, 9.17) is 43.1 Å². The third-order valence-electron chi connectivity index (χ3n) is 0. The molecule has 0 aliphatic rings. The van der Waals surface area contributed by atoms with E-state index in [2.05, 4.69) is 0 Å². The second-order valence-electron chi connectivity index (χ2n) is 2.31. The molecule has 0 aliphatic carbocycles. The third-order valence-corrected chi connectivity index (χ3v) is 0. The van der Waals surface area contributed by atoms with Crippen LogP contribution < -0.4 is 29.4 Å². The maximum atomic E-state index is 9.10. The van der Waals surface area contributed by atoms with Crippen LogP contribution in [0.3, 0.4) is 0 Å². The molecule has 0 heterocycles. The Morgan fingerprint density at radius 2 is 0.611 bits per heavy atom. The van der Waals surface area contributed by atoms with Gasteiger partial charge in [0.2, 0.25) is 0 Å². The molecule has 0 aromatic rings. The molecule has 0 unspecified atom stereocenters. The van der Waals surface area contributed by atoms with Crippen molar-refractivity contribution in [1.82, 2.24) is 0 Å². The molecule has 0 saturated heterocycles. The van der Waals surface area contributed by atoms with Crippen LogP contribution in [0.1, 0.15) is 0 Å². The van der Waals surface area contributed by atoms with Crippen LogP contribution in [-0.2, 0) is 55.6 Å². The zero-order chi connectivity index (χ0) is 13.5. The van der Waals surface area contributed by atoms with Crippen molar-refractivity contribution in [2.24, 2.45) is 0 Å². The maximum absolute atomic E-state index is 9.10. The standard InChI is InChI=1S/Ag.Al.3BH4O3P.Zn/c;;3*1-5(2,3)4;/h;;3*1H2,(H2,2,3,4);/q+1;+3;;;;+2/p-6. The summed E-state index contributed by atoms with van der Waals surface area (Å²) in [4.78, 5) is 54.6. The van der Waals surface area contributed by atoms with Gasteiger partial charge in [0.05, 0.1) is 0 Å². The van der Waals surface area contributed by atoms with Crippen LogP contribution in [0.4, 0.5) is 0 Å². The van der Waals surface area contributed by atoms with Gasteiger partial charge in [-0.3, -0.25) is 0 Å². The summed E-state index contributed by atoms with van der Waals surface area (Å²) in [6, 6.07) is 0. The molecule has 0 saturated carbocycles. The number of hydrogen-bond donors (Lipinski definition) is 0. The molecule has 0 radical (unpaired) electrons. The van der Waals surface area contributed by atoms with Crippen LogP contribution in [0.2, 0.25) is 0 Å². The molecule has 0 atom stereocenters. The Kier molecular flexibility index (Phi) is 32.8. The van der Waals surface area contributed by atoms with E-state index in [1.165, 1.54) is 0 Å². The summed E-state index contributed by atoms with van der Waals surface area (Å²) < 4.78 is 27.3. The first-order chi connectivity index (χ1) is 6.00. The fraction of sp³-hybridized carbons (Fsp3) is 0. The van der Waals surface area contributed by atoms with Crippen molar-refractivity contribution in [3.05, 3.63) is 0 Å². The molecule has 0 amide bonds. The maximum Gasteiger partial charge on any atom is 3.00 e. The van der Waals surface area contributed by atoms with E-state index in [1.54, 1.807) is 0 Å². The zero-order valence-electron chi connectivity index (χ0n) is 9.60. The predicted molar refractivity (Wildman–Crippen MR) is 54.2 cm³/mol. The van der Waals surface area contributed by atoms with Crippen molar-refractivity contribution < 1.29 is 84.9 Å². The van der Waals surface area contributed by atoms with Crippen LogP contribution >= 0.6 is 22.4 Å². The molecule has 0 spiro atoms. The normalized spacial score (nSPS) is 9.67.